The minimum absolute atomic E-state index is 0.0680. The second-order valence-electron chi connectivity index (χ2n) is 5.60. The van der Waals surface area contributed by atoms with Crippen molar-refractivity contribution in [3.05, 3.63) is 35.4 Å². The average molecular weight is 259 g/mol. The first kappa shape index (κ1) is 14.1. The van der Waals surface area contributed by atoms with Crippen molar-refractivity contribution in [3.63, 3.8) is 0 Å². The van der Waals surface area contributed by atoms with Crippen molar-refractivity contribution in [2.24, 2.45) is 5.92 Å². The maximum Gasteiger partial charge on any atom is 0.251 e. The molecule has 1 aliphatic rings. The van der Waals surface area contributed by atoms with E-state index in [1.165, 1.54) is 37.7 Å². The molecule has 1 aromatic rings. The van der Waals surface area contributed by atoms with E-state index in [1.54, 1.807) is 0 Å². The normalized spacial score (nSPS) is 16.3. The first-order chi connectivity index (χ1) is 9.29. The number of amides is 1. The van der Waals surface area contributed by atoms with Crippen molar-refractivity contribution in [1.29, 1.82) is 0 Å². The summed E-state index contributed by atoms with van der Waals surface area (Å²) in [6.45, 7) is 2.94. The number of rotatable bonds is 5. The Bertz CT molecular complexity index is 390. The molecule has 0 atom stereocenters. The van der Waals surface area contributed by atoms with E-state index >= 15 is 0 Å². The molecule has 2 heteroatoms. The maximum absolute atomic E-state index is 12.0. The van der Waals surface area contributed by atoms with Crippen LogP contribution in [0.25, 0.3) is 0 Å². The van der Waals surface area contributed by atoms with Gasteiger partial charge >= 0.3 is 0 Å². The van der Waals surface area contributed by atoms with Crippen LogP contribution in [0, 0.1) is 5.92 Å². The zero-order valence-corrected chi connectivity index (χ0v) is 12.0. The van der Waals surface area contributed by atoms with Gasteiger partial charge in [-0.05, 0) is 36.5 Å². The van der Waals surface area contributed by atoms with Crippen LogP contribution in [0.3, 0.4) is 0 Å². The Balaban J connectivity index is 1.73. The summed E-state index contributed by atoms with van der Waals surface area (Å²) in [5.41, 5.74) is 2.06. The highest BCUT2D eigenvalue weighted by molar-refractivity contribution is 5.94. The molecule has 1 aliphatic carbocycles. The van der Waals surface area contributed by atoms with Crippen molar-refractivity contribution in [3.8, 4) is 0 Å². The fourth-order valence-corrected chi connectivity index (χ4v) is 2.86. The van der Waals surface area contributed by atoms with Gasteiger partial charge < -0.3 is 5.32 Å². The lowest BCUT2D eigenvalue weighted by atomic mass is 9.87. The predicted molar refractivity (Wildman–Crippen MR) is 79.3 cm³/mol. The average Bonchev–Trinajstić information content (AvgIpc) is 2.48. The van der Waals surface area contributed by atoms with Gasteiger partial charge in [-0.1, -0.05) is 51.2 Å². The van der Waals surface area contributed by atoms with Crippen molar-refractivity contribution in [2.75, 3.05) is 6.54 Å². The minimum Gasteiger partial charge on any atom is -0.352 e. The molecule has 0 aromatic heterocycles. The molecule has 2 nitrogen and oxygen atoms in total. The van der Waals surface area contributed by atoms with Crippen molar-refractivity contribution < 1.29 is 4.79 Å². The van der Waals surface area contributed by atoms with Gasteiger partial charge in [-0.2, -0.15) is 0 Å². The van der Waals surface area contributed by atoms with Gasteiger partial charge in [0.25, 0.3) is 5.91 Å². The number of nitrogens with one attached hydrogen (secondary N) is 1. The lowest BCUT2D eigenvalue weighted by Crippen LogP contribution is -2.26. The van der Waals surface area contributed by atoms with Gasteiger partial charge in [0, 0.05) is 12.1 Å². The lowest BCUT2D eigenvalue weighted by molar-refractivity contribution is 0.0950. The van der Waals surface area contributed by atoms with Crippen LogP contribution in [0.5, 0.6) is 0 Å². The quantitative estimate of drug-likeness (QED) is 0.852. The Kier molecular flexibility index (Phi) is 5.44. The molecule has 0 unspecified atom stereocenters. The van der Waals surface area contributed by atoms with Crippen molar-refractivity contribution in [1.82, 2.24) is 5.32 Å². The van der Waals surface area contributed by atoms with E-state index in [0.717, 1.165) is 30.9 Å². The first-order valence-corrected chi connectivity index (χ1v) is 7.66. The summed E-state index contributed by atoms with van der Waals surface area (Å²) in [6.07, 6.45) is 8.99. The SMILES string of the molecule is CCc1ccc(C(=O)NCCC2CCCCC2)cc1. The molecule has 1 aromatic carbocycles. The highest BCUT2D eigenvalue weighted by Crippen LogP contribution is 2.25. The maximum atomic E-state index is 12.0. The fourth-order valence-electron chi connectivity index (χ4n) is 2.86. The topological polar surface area (TPSA) is 29.1 Å². The van der Waals surface area contributed by atoms with E-state index in [2.05, 4.69) is 12.2 Å². The molecule has 0 radical (unpaired) electrons. The van der Waals surface area contributed by atoms with Gasteiger partial charge in [0.05, 0.1) is 0 Å². The third-order valence-corrected chi connectivity index (χ3v) is 4.19. The molecule has 1 fully saturated rings. The molecule has 0 saturated heterocycles. The number of hydrogen-bond acceptors (Lipinski definition) is 1. The zero-order valence-electron chi connectivity index (χ0n) is 12.0. The summed E-state index contributed by atoms with van der Waals surface area (Å²) < 4.78 is 0. The number of aryl methyl sites for hydroxylation is 1. The van der Waals surface area contributed by atoms with Gasteiger partial charge in [0.2, 0.25) is 0 Å². The fraction of sp³-hybridized carbons (Fsp3) is 0.588. The highest BCUT2D eigenvalue weighted by Gasteiger charge is 2.13. The predicted octanol–water partition coefficient (Wildman–Crippen LogP) is 3.95. The van der Waals surface area contributed by atoms with E-state index in [-0.39, 0.29) is 5.91 Å². The summed E-state index contributed by atoms with van der Waals surface area (Å²) in [5, 5.41) is 3.04. The zero-order chi connectivity index (χ0) is 13.5. The molecule has 0 spiro atoms. The molecular weight excluding hydrogens is 234 g/mol. The summed E-state index contributed by atoms with van der Waals surface area (Å²) >= 11 is 0. The molecule has 1 N–H and O–H groups in total. The largest absolute Gasteiger partial charge is 0.352 e. The van der Waals surface area contributed by atoms with E-state index < -0.39 is 0 Å². The van der Waals surface area contributed by atoms with Gasteiger partial charge in [-0.25, -0.2) is 0 Å². The van der Waals surface area contributed by atoms with Gasteiger partial charge in [-0.15, -0.1) is 0 Å². The Morgan fingerprint density at radius 1 is 1.16 bits per heavy atom. The van der Waals surface area contributed by atoms with Crippen LogP contribution in [-0.2, 0) is 6.42 Å². The van der Waals surface area contributed by atoms with Gasteiger partial charge in [0.15, 0.2) is 0 Å². The van der Waals surface area contributed by atoms with E-state index in [9.17, 15) is 4.79 Å². The molecule has 0 heterocycles. The Morgan fingerprint density at radius 3 is 2.47 bits per heavy atom. The second kappa shape index (κ2) is 7.32. The summed E-state index contributed by atoms with van der Waals surface area (Å²) in [7, 11) is 0. The summed E-state index contributed by atoms with van der Waals surface area (Å²) in [5.74, 6) is 0.898. The minimum atomic E-state index is 0.0680. The number of benzene rings is 1. The summed E-state index contributed by atoms with van der Waals surface area (Å²) in [4.78, 5) is 12.0. The van der Waals surface area contributed by atoms with Crippen molar-refractivity contribution in [2.45, 2.75) is 51.9 Å². The van der Waals surface area contributed by atoms with Crippen LogP contribution in [0.2, 0.25) is 0 Å². The standard InChI is InChI=1S/C17H25NO/c1-2-14-8-10-16(11-9-14)17(19)18-13-12-15-6-4-3-5-7-15/h8-11,15H,2-7,12-13H2,1H3,(H,18,19). The van der Waals surface area contributed by atoms with Crippen LogP contribution in [-0.4, -0.2) is 12.5 Å². The van der Waals surface area contributed by atoms with Crippen LogP contribution in [0.1, 0.15) is 61.4 Å². The first-order valence-electron chi connectivity index (χ1n) is 7.66. The van der Waals surface area contributed by atoms with Crippen LogP contribution in [0.15, 0.2) is 24.3 Å². The van der Waals surface area contributed by atoms with Crippen LogP contribution in [0.4, 0.5) is 0 Å². The van der Waals surface area contributed by atoms with E-state index in [1.807, 2.05) is 24.3 Å². The Labute approximate surface area is 116 Å². The van der Waals surface area contributed by atoms with Crippen LogP contribution < -0.4 is 5.32 Å². The molecule has 1 amide bonds. The molecule has 0 aliphatic heterocycles. The molecule has 19 heavy (non-hydrogen) atoms. The molecular formula is C17H25NO. The van der Waals surface area contributed by atoms with Gasteiger partial charge in [0.1, 0.15) is 0 Å². The highest BCUT2D eigenvalue weighted by atomic mass is 16.1. The third kappa shape index (κ3) is 4.38. The second-order valence-corrected chi connectivity index (χ2v) is 5.60. The molecule has 104 valence electrons. The smallest absolute Gasteiger partial charge is 0.251 e. The monoisotopic (exact) mass is 259 g/mol. The van der Waals surface area contributed by atoms with Gasteiger partial charge in [-0.3, -0.25) is 4.79 Å². The number of carbonyl (C=O) groups is 1. The van der Waals surface area contributed by atoms with E-state index in [0.29, 0.717) is 0 Å². The molecule has 0 bridgehead atoms. The Morgan fingerprint density at radius 2 is 1.84 bits per heavy atom. The third-order valence-electron chi connectivity index (χ3n) is 4.19. The lowest BCUT2D eigenvalue weighted by Gasteiger charge is -2.21. The van der Waals surface area contributed by atoms with Crippen LogP contribution >= 0.6 is 0 Å². The number of carbonyl (C=O) groups excluding carboxylic acids is 1. The molecule has 2 rings (SSSR count). The molecule has 1 saturated carbocycles. The van der Waals surface area contributed by atoms with E-state index in [4.69, 9.17) is 0 Å². The Hall–Kier alpha value is -1.31. The summed E-state index contributed by atoms with van der Waals surface area (Å²) in [6, 6.07) is 7.93. The van der Waals surface area contributed by atoms with Crippen molar-refractivity contribution >= 4 is 5.91 Å². The number of hydrogen-bond donors (Lipinski definition) is 1.